The van der Waals surface area contributed by atoms with Crippen LogP contribution in [0.4, 0.5) is 4.39 Å². The van der Waals surface area contributed by atoms with Crippen LogP contribution < -0.4 is 5.32 Å². The van der Waals surface area contributed by atoms with E-state index in [1.807, 2.05) is 54.6 Å². The van der Waals surface area contributed by atoms with Gasteiger partial charge in [-0.2, -0.15) is 0 Å². The molecule has 0 aromatic heterocycles. The summed E-state index contributed by atoms with van der Waals surface area (Å²) in [7, 11) is 0. The maximum atomic E-state index is 13.7. The number of nitrogens with zero attached hydrogens (tertiary/aromatic N) is 1. The normalized spacial score (nSPS) is 14.5. The van der Waals surface area contributed by atoms with Crippen LogP contribution in [0, 0.1) is 5.82 Å². The molecule has 3 aromatic rings. The van der Waals surface area contributed by atoms with Crippen LogP contribution in [0.5, 0.6) is 0 Å². The highest BCUT2D eigenvalue weighted by molar-refractivity contribution is 9.10. The molecule has 1 unspecified atom stereocenters. The van der Waals surface area contributed by atoms with Gasteiger partial charge in [0.1, 0.15) is 11.9 Å². The van der Waals surface area contributed by atoms with E-state index in [1.54, 1.807) is 17.0 Å². The second kappa shape index (κ2) is 12.1. The first-order valence-corrected chi connectivity index (χ1v) is 12.9. The summed E-state index contributed by atoms with van der Waals surface area (Å²) < 4.78 is 14.4. The number of rotatable bonds is 9. The maximum Gasteiger partial charge on any atom is 0.243 e. The predicted molar refractivity (Wildman–Crippen MR) is 139 cm³/mol. The van der Waals surface area contributed by atoms with Gasteiger partial charge in [0.2, 0.25) is 11.8 Å². The van der Waals surface area contributed by atoms with E-state index < -0.39 is 6.04 Å². The molecule has 0 bridgehead atoms. The van der Waals surface area contributed by atoms with E-state index in [0.717, 1.165) is 41.3 Å². The van der Waals surface area contributed by atoms with Crippen molar-refractivity contribution in [2.45, 2.75) is 57.2 Å². The van der Waals surface area contributed by atoms with E-state index in [0.29, 0.717) is 18.5 Å². The van der Waals surface area contributed by atoms with Crippen LogP contribution in [-0.2, 0) is 29.0 Å². The zero-order chi connectivity index (χ0) is 24.6. The van der Waals surface area contributed by atoms with Crippen molar-refractivity contribution in [1.82, 2.24) is 10.2 Å². The van der Waals surface area contributed by atoms with Crippen molar-refractivity contribution in [3.63, 3.8) is 0 Å². The molecule has 1 saturated carbocycles. The number of benzene rings is 3. The molecule has 1 N–H and O–H groups in total. The van der Waals surface area contributed by atoms with Gasteiger partial charge in [-0.3, -0.25) is 9.59 Å². The molecule has 0 saturated heterocycles. The number of amides is 2. The van der Waals surface area contributed by atoms with Gasteiger partial charge in [-0.05, 0) is 53.8 Å². The number of carbonyl (C=O) groups is 2. The highest BCUT2D eigenvalue weighted by Gasteiger charge is 2.32. The predicted octanol–water partition coefficient (Wildman–Crippen LogP) is 5.83. The molecule has 0 heterocycles. The minimum atomic E-state index is -0.658. The Balaban J connectivity index is 1.64. The summed E-state index contributed by atoms with van der Waals surface area (Å²) in [5.74, 6) is -0.627. The highest BCUT2D eigenvalue weighted by Crippen LogP contribution is 2.21. The van der Waals surface area contributed by atoms with Crippen LogP contribution in [0.25, 0.3) is 0 Å². The average molecular weight is 537 g/mol. The van der Waals surface area contributed by atoms with Gasteiger partial charge in [0.25, 0.3) is 0 Å². The summed E-state index contributed by atoms with van der Waals surface area (Å²) in [6, 6.07) is 23.0. The van der Waals surface area contributed by atoms with Crippen molar-refractivity contribution in [1.29, 1.82) is 0 Å². The lowest BCUT2D eigenvalue weighted by atomic mass is 10.0. The summed E-state index contributed by atoms with van der Waals surface area (Å²) in [6.07, 6.45) is 4.69. The SMILES string of the molecule is O=C(NC1CCCC1)C(Cc1ccccc1)N(Cc1ccc(Br)cc1)C(=O)Cc1ccc(F)cc1. The molecular weight excluding hydrogens is 507 g/mol. The topological polar surface area (TPSA) is 49.4 Å². The summed E-state index contributed by atoms with van der Waals surface area (Å²) >= 11 is 3.46. The molecule has 6 heteroatoms. The Bertz CT molecular complexity index is 1110. The number of carbonyl (C=O) groups excluding carboxylic acids is 2. The number of hydrogen-bond acceptors (Lipinski definition) is 2. The van der Waals surface area contributed by atoms with Gasteiger partial charge in [-0.1, -0.05) is 83.4 Å². The van der Waals surface area contributed by atoms with Crippen molar-refractivity contribution in [2.75, 3.05) is 0 Å². The monoisotopic (exact) mass is 536 g/mol. The maximum absolute atomic E-state index is 13.7. The first-order valence-electron chi connectivity index (χ1n) is 12.1. The van der Waals surface area contributed by atoms with Crippen molar-refractivity contribution in [3.8, 4) is 0 Å². The fourth-order valence-corrected chi connectivity index (χ4v) is 4.85. The number of halogens is 2. The molecule has 3 aromatic carbocycles. The largest absolute Gasteiger partial charge is 0.352 e. The molecule has 0 radical (unpaired) electrons. The molecule has 1 atom stereocenters. The van der Waals surface area contributed by atoms with Gasteiger partial charge < -0.3 is 10.2 Å². The Labute approximate surface area is 214 Å². The Morgan fingerprint density at radius 2 is 1.51 bits per heavy atom. The van der Waals surface area contributed by atoms with E-state index in [1.165, 1.54) is 12.1 Å². The van der Waals surface area contributed by atoms with Crippen LogP contribution >= 0.6 is 15.9 Å². The smallest absolute Gasteiger partial charge is 0.243 e. The third-order valence-electron chi connectivity index (χ3n) is 6.51. The number of nitrogens with one attached hydrogen (secondary N) is 1. The molecule has 4 rings (SSSR count). The second-order valence-corrected chi connectivity index (χ2v) is 10.1. The van der Waals surface area contributed by atoms with E-state index in [-0.39, 0.29) is 30.1 Å². The molecular formula is C29H30BrFN2O2. The van der Waals surface area contributed by atoms with E-state index in [9.17, 15) is 14.0 Å². The fraction of sp³-hybridized carbons (Fsp3) is 0.310. The van der Waals surface area contributed by atoms with E-state index in [2.05, 4.69) is 21.2 Å². The van der Waals surface area contributed by atoms with Crippen LogP contribution in [0.2, 0.25) is 0 Å². The van der Waals surface area contributed by atoms with E-state index >= 15 is 0 Å². The minimum absolute atomic E-state index is 0.0960. The first-order chi connectivity index (χ1) is 17.0. The molecule has 35 heavy (non-hydrogen) atoms. The summed E-state index contributed by atoms with van der Waals surface area (Å²) in [5.41, 5.74) is 2.65. The molecule has 0 spiro atoms. The molecule has 1 aliphatic carbocycles. The van der Waals surface area contributed by atoms with Crippen molar-refractivity contribution < 1.29 is 14.0 Å². The molecule has 1 aliphatic rings. The molecule has 1 fully saturated rings. The van der Waals surface area contributed by atoms with E-state index in [4.69, 9.17) is 0 Å². The highest BCUT2D eigenvalue weighted by atomic mass is 79.9. The summed E-state index contributed by atoms with van der Waals surface area (Å²) in [6.45, 7) is 0.308. The van der Waals surface area contributed by atoms with Gasteiger partial charge in [0.15, 0.2) is 0 Å². The molecule has 2 amide bonds. The van der Waals surface area contributed by atoms with Gasteiger partial charge in [-0.15, -0.1) is 0 Å². The summed E-state index contributed by atoms with van der Waals surface area (Å²) in [4.78, 5) is 29.0. The first kappa shape index (κ1) is 25.1. The standard InChI is InChI=1S/C29H30BrFN2O2/c30-24-14-10-23(11-15-24)20-33(28(34)19-22-12-16-25(31)17-13-22)27(18-21-6-2-1-3-7-21)29(35)32-26-8-4-5-9-26/h1-3,6-7,10-17,26-27H,4-5,8-9,18-20H2,(H,32,35). The number of hydrogen-bond donors (Lipinski definition) is 1. The van der Waals surface area contributed by atoms with Crippen LogP contribution in [0.3, 0.4) is 0 Å². The lowest BCUT2D eigenvalue weighted by molar-refractivity contribution is -0.141. The Kier molecular flexibility index (Phi) is 8.69. The zero-order valence-electron chi connectivity index (χ0n) is 19.6. The minimum Gasteiger partial charge on any atom is -0.352 e. The fourth-order valence-electron chi connectivity index (χ4n) is 4.59. The Hall–Kier alpha value is -2.99. The molecule has 4 nitrogen and oxygen atoms in total. The third-order valence-corrected chi connectivity index (χ3v) is 7.04. The van der Waals surface area contributed by atoms with Crippen molar-refractivity contribution in [3.05, 3.63) is 106 Å². The van der Waals surface area contributed by atoms with Crippen LogP contribution in [-0.4, -0.2) is 28.8 Å². The van der Waals surface area contributed by atoms with Crippen LogP contribution in [0.1, 0.15) is 42.4 Å². The Morgan fingerprint density at radius 1 is 0.886 bits per heavy atom. The van der Waals surface area contributed by atoms with Crippen LogP contribution in [0.15, 0.2) is 83.3 Å². The quantitative estimate of drug-likeness (QED) is 0.374. The second-order valence-electron chi connectivity index (χ2n) is 9.15. The summed E-state index contributed by atoms with van der Waals surface area (Å²) in [5, 5.41) is 3.21. The molecule has 182 valence electrons. The zero-order valence-corrected chi connectivity index (χ0v) is 21.2. The third kappa shape index (κ3) is 7.25. The lowest BCUT2D eigenvalue weighted by Crippen LogP contribution is -2.52. The Morgan fingerprint density at radius 3 is 2.17 bits per heavy atom. The lowest BCUT2D eigenvalue weighted by Gasteiger charge is -2.32. The van der Waals surface area contributed by atoms with Crippen molar-refractivity contribution in [2.24, 2.45) is 0 Å². The van der Waals surface area contributed by atoms with Gasteiger partial charge >= 0.3 is 0 Å². The van der Waals surface area contributed by atoms with Crippen molar-refractivity contribution >= 4 is 27.7 Å². The van der Waals surface area contributed by atoms with Gasteiger partial charge in [0.05, 0.1) is 6.42 Å². The average Bonchev–Trinajstić information content (AvgIpc) is 3.37. The molecule has 0 aliphatic heterocycles. The van der Waals surface area contributed by atoms with Gasteiger partial charge in [-0.25, -0.2) is 4.39 Å². The van der Waals surface area contributed by atoms with Gasteiger partial charge in [0, 0.05) is 23.5 Å².